The van der Waals surface area contributed by atoms with Crippen LogP contribution < -0.4 is 8.74 Å². The molecule has 0 atom stereocenters. The molecule has 0 bridgehead atoms. The van der Waals surface area contributed by atoms with E-state index in [-0.39, 0.29) is 0 Å². The van der Waals surface area contributed by atoms with Crippen molar-refractivity contribution in [3.05, 3.63) is 18.3 Å². The van der Waals surface area contributed by atoms with E-state index in [2.05, 4.69) is 24.7 Å². The van der Waals surface area contributed by atoms with Crippen LogP contribution in [0, 0.1) is 0 Å². The molecule has 0 unspecified atom stereocenters. The fourth-order valence-corrected chi connectivity index (χ4v) is 4.84. The molecule has 1 aliphatic rings. The van der Waals surface area contributed by atoms with Crippen LogP contribution >= 0.6 is 0 Å². The first-order valence-electron chi connectivity index (χ1n) is 7.01. The summed E-state index contributed by atoms with van der Waals surface area (Å²) in [5.74, 6) is 0.987. The first-order chi connectivity index (χ1) is 9.55. The van der Waals surface area contributed by atoms with Crippen LogP contribution in [-0.2, 0) is 4.74 Å². The molecule has 20 heavy (non-hydrogen) atoms. The van der Waals surface area contributed by atoms with Crippen molar-refractivity contribution in [1.29, 1.82) is 0 Å². The van der Waals surface area contributed by atoms with Crippen LogP contribution in [0.4, 0.5) is 5.82 Å². The first-order valence-corrected chi connectivity index (χ1v) is 17.0. The van der Waals surface area contributed by atoms with Gasteiger partial charge in [-0.3, -0.25) is 0 Å². The van der Waals surface area contributed by atoms with Crippen LogP contribution in [0.15, 0.2) is 18.3 Å². The van der Waals surface area contributed by atoms with Crippen molar-refractivity contribution >= 4 is 39.1 Å². The fraction of sp³-hybridized carbons (Fsp3) is 0.500. The molecule has 6 heteroatoms. The molecule has 0 radical (unpaired) electrons. The number of anilines is 1. The van der Waals surface area contributed by atoms with E-state index >= 15 is 0 Å². The summed E-state index contributed by atoms with van der Waals surface area (Å²) in [6.07, 6.45) is 1.82. The number of fused-ring (bicyclic) bond motifs is 1. The van der Waals surface area contributed by atoms with Crippen molar-refractivity contribution in [3.8, 4) is 0 Å². The molecule has 1 fully saturated rings. The maximum absolute atomic E-state index is 5.44. The standard InChI is InChI=1S/C11H11N4O.3CH3.Sn/c1-2-9-10(12-3-1)11(14-8-13-9)15-4-6-16-7-5-15;;;;/h1-3H,4-7H2;3*1H3;. The molecule has 2 aromatic heterocycles. The zero-order valence-corrected chi connectivity index (χ0v) is 15.1. The summed E-state index contributed by atoms with van der Waals surface area (Å²) in [6.45, 7) is 3.27. The molecule has 0 aliphatic carbocycles. The van der Waals surface area contributed by atoms with Gasteiger partial charge in [-0.25, -0.2) is 0 Å². The van der Waals surface area contributed by atoms with Gasteiger partial charge in [0.05, 0.1) is 0 Å². The summed E-state index contributed by atoms with van der Waals surface area (Å²) >= 11 is -2.31. The predicted octanol–water partition coefficient (Wildman–Crippen LogP) is 1.41. The van der Waals surface area contributed by atoms with Gasteiger partial charge in [0.2, 0.25) is 0 Å². The number of ether oxygens (including phenoxy) is 1. The number of hydrogen-bond donors (Lipinski definition) is 0. The molecule has 5 nitrogen and oxygen atoms in total. The van der Waals surface area contributed by atoms with Crippen LogP contribution in [0.5, 0.6) is 0 Å². The van der Waals surface area contributed by atoms with Crippen molar-refractivity contribution in [3.63, 3.8) is 0 Å². The van der Waals surface area contributed by atoms with E-state index in [4.69, 9.17) is 14.7 Å². The number of pyridine rings is 1. The molecular formula is C14H20N4OSn. The molecule has 106 valence electrons. The molecule has 0 saturated carbocycles. The van der Waals surface area contributed by atoms with E-state index < -0.39 is 18.4 Å². The van der Waals surface area contributed by atoms with E-state index in [1.165, 1.54) is 0 Å². The molecule has 0 N–H and O–H groups in total. The molecule has 3 rings (SSSR count). The molecule has 0 amide bonds. The molecular weight excluding hydrogens is 359 g/mol. The summed E-state index contributed by atoms with van der Waals surface area (Å²) in [5, 5.41) is 0. The second kappa shape index (κ2) is 5.44. The van der Waals surface area contributed by atoms with Crippen molar-refractivity contribution in [1.82, 2.24) is 15.0 Å². The zero-order valence-electron chi connectivity index (χ0n) is 12.3. The van der Waals surface area contributed by atoms with Crippen molar-refractivity contribution in [2.75, 3.05) is 31.2 Å². The van der Waals surface area contributed by atoms with E-state index in [9.17, 15) is 0 Å². The van der Waals surface area contributed by atoms with Gasteiger partial charge in [0, 0.05) is 0 Å². The Balaban J connectivity index is 2.16. The average molecular weight is 379 g/mol. The normalized spacial score (nSPS) is 16.6. The van der Waals surface area contributed by atoms with Gasteiger partial charge in [-0.15, -0.1) is 0 Å². The molecule has 1 saturated heterocycles. The Kier molecular flexibility index (Phi) is 3.81. The monoisotopic (exact) mass is 380 g/mol. The van der Waals surface area contributed by atoms with Crippen LogP contribution in [0.2, 0.25) is 14.8 Å². The van der Waals surface area contributed by atoms with Gasteiger partial charge < -0.3 is 0 Å². The van der Waals surface area contributed by atoms with Crippen LogP contribution in [0.1, 0.15) is 0 Å². The predicted molar refractivity (Wildman–Crippen MR) is 83.3 cm³/mol. The second-order valence-electron chi connectivity index (χ2n) is 6.09. The number of aromatic nitrogens is 3. The third-order valence-corrected chi connectivity index (χ3v) is 7.89. The van der Waals surface area contributed by atoms with Gasteiger partial charge in [-0.05, 0) is 0 Å². The Bertz CT molecular complexity index is 620. The SMILES string of the molecule is [CH3][Sn]([CH3])([CH3])[c]1nc(N2CCOCC2)c2ncccc2n1. The Morgan fingerprint density at radius 1 is 1.15 bits per heavy atom. The van der Waals surface area contributed by atoms with Gasteiger partial charge in [0.15, 0.2) is 0 Å². The molecule has 0 spiro atoms. The summed E-state index contributed by atoms with van der Waals surface area (Å²) in [4.78, 5) is 23.5. The Morgan fingerprint density at radius 2 is 1.90 bits per heavy atom. The summed E-state index contributed by atoms with van der Waals surface area (Å²) in [5.41, 5.74) is 1.87. The van der Waals surface area contributed by atoms with Gasteiger partial charge in [-0.1, -0.05) is 0 Å². The topological polar surface area (TPSA) is 51.1 Å². The Hall–Kier alpha value is -0.951. The maximum atomic E-state index is 5.44. The zero-order chi connectivity index (χ0) is 14.2. The Morgan fingerprint density at radius 3 is 2.60 bits per heavy atom. The molecule has 3 heterocycles. The van der Waals surface area contributed by atoms with Crippen LogP contribution in [0.3, 0.4) is 0 Å². The molecule has 2 aromatic rings. The summed E-state index contributed by atoms with van der Waals surface area (Å²) in [6, 6.07) is 3.98. The molecule has 0 aromatic carbocycles. The van der Waals surface area contributed by atoms with E-state index in [1.54, 1.807) is 0 Å². The quantitative estimate of drug-likeness (QED) is 0.739. The van der Waals surface area contributed by atoms with Crippen molar-refractivity contribution in [2.45, 2.75) is 14.8 Å². The number of morpholine rings is 1. The first kappa shape index (κ1) is 14.0. The van der Waals surface area contributed by atoms with E-state index in [1.807, 2.05) is 18.3 Å². The van der Waals surface area contributed by atoms with Gasteiger partial charge in [-0.2, -0.15) is 0 Å². The summed E-state index contributed by atoms with van der Waals surface area (Å²) in [7, 11) is 0. The van der Waals surface area contributed by atoms with Crippen LogP contribution in [0.25, 0.3) is 11.0 Å². The Labute approximate surface area is 123 Å². The third-order valence-electron chi connectivity index (χ3n) is 3.42. The summed E-state index contributed by atoms with van der Waals surface area (Å²) < 4.78 is 6.51. The number of nitrogens with zero attached hydrogens (tertiary/aromatic N) is 4. The second-order valence-corrected chi connectivity index (χ2v) is 20.2. The van der Waals surface area contributed by atoms with Crippen LogP contribution in [-0.4, -0.2) is 59.6 Å². The van der Waals surface area contributed by atoms with Gasteiger partial charge in [0.25, 0.3) is 0 Å². The fourth-order valence-electron chi connectivity index (χ4n) is 2.28. The van der Waals surface area contributed by atoms with Gasteiger partial charge >= 0.3 is 123 Å². The van der Waals surface area contributed by atoms with Gasteiger partial charge in [0.1, 0.15) is 0 Å². The van der Waals surface area contributed by atoms with E-state index in [0.717, 1.165) is 47.0 Å². The minimum absolute atomic E-state index is 0.756. The number of hydrogen-bond acceptors (Lipinski definition) is 5. The number of rotatable bonds is 2. The minimum atomic E-state index is -2.31. The third kappa shape index (κ3) is 2.74. The molecule has 1 aliphatic heterocycles. The average Bonchev–Trinajstić information content (AvgIpc) is 2.46. The van der Waals surface area contributed by atoms with Crippen molar-refractivity contribution in [2.24, 2.45) is 0 Å². The van der Waals surface area contributed by atoms with Crippen molar-refractivity contribution < 1.29 is 4.74 Å². The van der Waals surface area contributed by atoms with E-state index in [0.29, 0.717) is 0 Å².